The van der Waals surface area contributed by atoms with Crippen molar-refractivity contribution in [3.05, 3.63) is 29.3 Å². The summed E-state index contributed by atoms with van der Waals surface area (Å²) in [6.07, 6.45) is 4.17. The molecule has 0 spiro atoms. The molecule has 1 aromatic carbocycles. The van der Waals surface area contributed by atoms with Gasteiger partial charge in [-0.05, 0) is 65.0 Å². The van der Waals surface area contributed by atoms with Crippen molar-refractivity contribution in [3.63, 3.8) is 0 Å². The molecule has 1 aliphatic heterocycles. The average molecular weight is 330 g/mol. The molecule has 24 heavy (non-hydrogen) atoms. The number of benzene rings is 1. The Bertz CT molecular complexity index is 622. The van der Waals surface area contributed by atoms with Gasteiger partial charge in [-0.1, -0.05) is 24.6 Å². The minimum Gasteiger partial charge on any atom is -0.339 e. The lowest BCUT2D eigenvalue weighted by Gasteiger charge is -2.39. The molecule has 2 rings (SSSR count). The highest BCUT2D eigenvalue weighted by Gasteiger charge is 2.41. The molecule has 0 bridgehead atoms. The van der Waals surface area contributed by atoms with Crippen LogP contribution in [0.5, 0.6) is 0 Å². The van der Waals surface area contributed by atoms with E-state index in [4.69, 9.17) is 0 Å². The molecule has 0 radical (unpaired) electrons. The maximum atomic E-state index is 13.0. The maximum Gasteiger partial charge on any atom is 0.239 e. The van der Waals surface area contributed by atoms with Crippen molar-refractivity contribution in [1.29, 1.82) is 0 Å². The summed E-state index contributed by atoms with van der Waals surface area (Å²) >= 11 is 0. The summed E-state index contributed by atoms with van der Waals surface area (Å²) in [7, 11) is 0. The maximum absolute atomic E-state index is 13.0. The largest absolute Gasteiger partial charge is 0.339 e. The molecule has 1 heterocycles. The molecule has 2 amide bonds. The standard InChI is InChI=1S/C20H30N2O2/c1-6-16-9-7-8-12-22(16)19(24)20(4,5)18(23)21-17-11-10-14(2)13-15(17)3/h10-11,13,16H,6-9,12H2,1-5H3,(H,21,23). The molecular formula is C20H30N2O2. The predicted molar refractivity (Wildman–Crippen MR) is 98.0 cm³/mol. The van der Waals surface area contributed by atoms with Crippen molar-refractivity contribution in [2.45, 2.75) is 66.3 Å². The summed E-state index contributed by atoms with van der Waals surface area (Å²) < 4.78 is 0. The third-order valence-electron chi connectivity index (χ3n) is 5.09. The van der Waals surface area contributed by atoms with Gasteiger partial charge < -0.3 is 10.2 Å². The van der Waals surface area contributed by atoms with Gasteiger partial charge in [0.05, 0.1) is 0 Å². The van der Waals surface area contributed by atoms with Gasteiger partial charge >= 0.3 is 0 Å². The highest BCUT2D eigenvalue weighted by Crippen LogP contribution is 2.28. The molecule has 1 saturated heterocycles. The summed E-state index contributed by atoms with van der Waals surface area (Å²) in [5, 5.41) is 2.94. The number of nitrogens with one attached hydrogen (secondary N) is 1. The zero-order valence-corrected chi connectivity index (χ0v) is 15.6. The van der Waals surface area contributed by atoms with Gasteiger partial charge in [-0.3, -0.25) is 9.59 Å². The Morgan fingerprint density at radius 3 is 2.58 bits per heavy atom. The first kappa shape index (κ1) is 18.5. The van der Waals surface area contributed by atoms with Crippen LogP contribution in [0, 0.1) is 19.3 Å². The number of carbonyl (C=O) groups excluding carboxylic acids is 2. The predicted octanol–water partition coefficient (Wildman–Crippen LogP) is 4.06. The zero-order valence-electron chi connectivity index (χ0n) is 15.6. The van der Waals surface area contributed by atoms with Crippen molar-refractivity contribution in [3.8, 4) is 0 Å². The molecule has 0 aromatic heterocycles. The van der Waals surface area contributed by atoms with Crippen LogP contribution in [0.4, 0.5) is 5.69 Å². The van der Waals surface area contributed by atoms with E-state index >= 15 is 0 Å². The lowest BCUT2D eigenvalue weighted by molar-refractivity contribution is -0.149. The van der Waals surface area contributed by atoms with Crippen molar-refractivity contribution in [2.24, 2.45) is 5.41 Å². The van der Waals surface area contributed by atoms with E-state index in [-0.39, 0.29) is 17.9 Å². The normalized spacial score (nSPS) is 18.4. The lowest BCUT2D eigenvalue weighted by atomic mass is 9.87. The van der Waals surface area contributed by atoms with Crippen molar-refractivity contribution >= 4 is 17.5 Å². The Hall–Kier alpha value is -1.84. The number of aryl methyl sites for hydroxylation is 2. The van der Waals surface area contributed by atoms with E-state index in [0.29, 0.717) is 0 Å². The van der Waals surface area contributed by atoms with Gasteiger partial charge in [-0.2, -0.15) is 0 Å². The SMILES string of the molecule is CCC1CCCCN1C(=O)C(C)(C)C(=O)Nc1ccc(C)cc1C. The molecule has 1 unspecified atom stereocenters. The van der Waals surface area contributed by atoms with Crippen LogP contribution in [-0.4, -0.2) is 29.3 Å². The van der Waals surface area contributed by atoms with E-state index in [1.165, 1.54) is 0 Å². The number of carbonyl (C=O) groups is 2. The summed E-state index contributed by atoms with van der Waals surface area (Å²) in [5.74, 6) is -0.295. The van der Waals surface area contributed by atoms with Crippen LogP contribution in [0.25, 0.3) is 0 Å². The molecule has 1 aliphatic rings. The highest BCUT2D eigenvalue weighted by atomic mass is 16.2. The molecule has 4 heteroatoms. The molecule has 0 saturated carbocycles. The van der Waals surface area contributed by atoms with Crippen molar-refractivity contribution in [1.82, 2.24) is 4.90 Å². The Kier molecular flexibility index (Phi) is 5.68. The highest BCUT2D eigenvalue weighted by molar-refractivity contribution is 6.10. The first-order valence-electron chi connectivity index (χ1n) is 8.97. The van der Waals surface area contributed by atoms with Crippen LogP contribution < -0.4 is 5.32 Å². The number of anilines is 1. The topological polar surface area (TPSA) is 49.4 Å². The summed E-state index contributed by atoms with van der Waals surface area (Å²) in [4.78, 5) is 27.7. The quantitative estimate of drug-likeness (QED) is 0.846. The second-order valence-electron chi connectivity index (χ2n) is 7.45. The minimum atomic E-state index is -1.07. The van der Waals surface area contributed by atoms with Crippen LogP contribution >= 0.6 is 0 Å². The molecule has 132 valence electrons. The number of hydrogen-bond acceptors (Lipinski definition) is 2. The Labute approximate surface area is 145 Å². The third kappa shape index (κ3) is 3.80. The Morgan fingerprint density at radius 1 is 1.25 bits per heavy atom. The van der Waals surface area contributed by atoms with Crippen LogP contribution in [0.3, 0.4) is 0 Å². The zero-order chi connectivity index (χ0) is 17.9. The third-order valence-corrected chi connectivity index (χ3v) is 5.09. The fourth-order valence-corrected chi connectivity index (χ4v) is 3.38. The van der Waals surface area contributed by atoms with Gasteiger partial charge in [-0.15, -0.1) is 0 Å². The summed E-state index contributed by atoms with van der Waals surface area (Å²) in [6, 6.07) is 6.16. The second-order valence-corrected chi connectivity index (χ2v) is 7.45. The fraction of sp³-hybridized carbons (Fsp3) is 0.600. The van der Waals surface area contributed by atoms with Gasteiger partial charge in [-0.25, -0.2) is 0 Å². The van der Waals surface area contributed by atoms with E-state index in [1.807, 2.05) is 36.9 Å². The molecule has 4 nitrogen and oxygen atoms in total. The second kappa shape index (κ2) is 7.37. The molecule has 1 aromatic rings. The van der Waals surface area contributed by atoms with E-state index in [0.717, 1.165) is 49.0 Å². The van der Waals surface area contributed by atoms with Crippen LogP contribution in [-0.2, 0) is 9.59 Å². The van der Waals surface area contributed by atoms with Gasteiger partial charge in [0.15, 0.2) is 0 Å². The van der Waals surface area contributed by atoms with Crippen molar-refractivity contribution in [2.75, 3.05) is 11.9 Å². The number of likely N-dealkylation sites (tertiary alicyclic amines) is 1. The van der Waals surface area contributed by atoms with Crippen LogP contribution in [0.15, 0.2) is 18.2 Å². The molecular weight excluding hydrogens is 300 g/mol. The molecule has 0 aliphatic carbocycles. The summed E-state index contributed by atoms with van der Waals surface area (Å²) in [6.45, 7) is 10.3. The van der Waals surface area contributed by atoms with Gasteiger partial charge in [0.2, 0.25) is 11.8 Å². The summed E-state index contributed by atoms with van der Waals surface area (Å²) in [5.41, 5.74) is 1.87. The van der Waals surface area contributed by atoms with Crippen molar-refractivity contribution < 1.29 is 9.59 Å². The van der Waals surface area contributed by atoms with Gasteiger partial charge in [0, 0.05) is 18.3 Å². The van der Waals surface area contributed by atoms with Crippen LogP contribution in [0.2, 0.25) is 0 Å². The minimum absolute atomic E-state index is 0.0590. The number of nitrogens with zero attached hydrogens (tertiary/aromatic N) is 1. The number of hydrogen-bond donors (Lipinski definition) is 1. The fourth-order valence-electron chi connectivity index (χ4n) is 3.38. The van der Waals surface area contributed by atoms with E-state index in [9.17, 15) is 9.59 Å². The van der Waals surface area contributed by atoms with Gasteiger partial charge in [0.1, 0.15) is 5.41 Å². The van der Waals surface area contributed by atoms with E-state index in [1.54, 1.807) is 13.8 Å². The van der Waals surface area contributed by atoms with Crippen LogP contribution in [0.1, 0.15) is 57.6 Å². The van der Waals surface area contributed by atoms with E-state index in [2.05, 4.69) is 12.2 Å². The van der Waals surface area contributed by atoms with Gasteiger partial charge in [0.25, 0.3) is 0 Å². The monoisotopic (exact) mass is 330 g/mol. The molecule has 1 atom stereocenters. The number of amides is 2. The lowest BCUT2D eigenvalue weighted by Crippen LogP contribution is -2.52. The number of rotatable bonds is 4. The smallest absolute Gasteiger partial charge is 0.239 e. The number of piperidine rings is 1. The average Bonchev–Trinajstić information content (AvgIpc) is 2.56. The first-order chi connectivity index (χ1) is 11.3. The first-order valence-corrected chi connectivity index (χ1v) is 8.97. The Balaban J connectivity index is 2.15. The Morgan fingerprint density at radius 2 is 1.96 bits per heavy atom. The van der Waals surface area contributed by atoms with E-state index < -0.39 is 5.41 Å². The molecule has 1 N–H and O–H groups in total. The molecule has 1 fully saturated rings.